The molecule has 18 heavy (non-hydrogen) atoms. The van der Waals surface area contributed by atoms with Crippen LogP contribution >= 0.6 is 0 Å². The summed E-state index contributed by atoms with van der Waals surface area (Å²) in [5, 5.41) is 12.0. The van der Waals surface area contributed by atoms with Crippen LogP contribution in [0.3, 0.4) is 0 Å². The van der Waals surface area contributed by atoms with E-state index >= 15 is 0 Å². The molecular formula is C13H18N2O3. The molecular weight excluding hydrogens is 232 g/mol. The highest BCUT2D eigenvalue weighted by atomic mass is 16.5. The maximum atomic E-state index is 11.0. The standard InChI is InChI=1S/C13H18N2O3/c1-3-4-6-18-7-5-14-12-8-10(2)15-9-11(12)13(16)17/h3,8-9H,1,4-7H2,2H3,(H,14,15)(H,16,17). The average Bonchev–Trinajstić information content (AvgIpc) is 2.33. The molecule has 0 aromatic carbocycles. The number of carboxylic acids is 1. The van der Waals surface area contributed by atoms with Gasteiger partial charge in [-0.1, -0.05) is 6.08 Å². The first kappa shape index (κ1) is 14.2. The number of rotatable bonds is 8. The van der Waals surface area contributed by atoms with Gasteiger partial charge in [-0.2, -0.15) is 0 Å². The van der Waals surface area contributed by atoms with Crippen LogP contribution in [0, 0.1) is 6.92 Å². The Morgan fingerprint density at radius 1 is 1.61 bits per heavy atom. The number of pyridine rings is 1. The second kappa shape index (κ2) is 7.45. The summed E-state index contributed by atoms with van der Waals surface area (Å²) < 4.78 is 5.33. The molecule has 0 atom stereocenters. The lowest BCUT2D eigenvalue weighted by Crippen LogP contribution is -2.13. The van der Waals surface area contributed by atoms with Gasteiger partial charge < -0.3 is 15.2 Å². The molecule has 0 bridgehead atoms. The second-order valence-electron chi connectivity index (χ2n) is 3.79. The van der Waals surface area contributed by atoms with Crippen LogP contribution in [0.5, 0.6) is 0 Å². The van der Waals surface area contributed by atoms with Crippen molar-refractivity contribution < 1.29 is 14.6 Å². The number of hydrogen-bond acceptors (Lipinski definition) is 4. The zero-order valence-corrected chi connectivity index (χ0v) is 10.5. The van der Waals surface area contributed by atoms with Crippen LogP contribution in [0.15, 0.2) is 24.9 Å². The first-order chi connectivity index (χ1) is 8.65. The number of aromatic carboxylic acids is 1. The van der Waals surface area contributed by atoms with E-state index in [-0.39, 0.29) is 5.56 Å². The quantitative estimate of drug-likeness (QED) is 0.546. The van der Waals surface area contributed by atoms with Gasteiger partial charge in [-0.3, -0.25) is 4.98 Å². The number of nitrogens with zero attached hydrogens (tertiary/aromatic N) is 1. The third-order valence-electron chi connectivity index (χ3n) is 2.30. The van der Waals surface area contributed by atoms with E-state index in [2.05, 4.69) is 16.9 Å². The third kappa shape index (κ3) is 4.55. The SMILES string of the molecule is C=CCCOCCNc1cc(C)ncc1C(=O)O. The predicted octanol–water partition coefficient (Wildman–Crippen LogP) is 2.09. The number of anilines is 1. The molecule has 0 fully saturated rings. The van der Waals surface area contributed by atoms with Gasteiger partial charge in [0.05, 0.1) is 18.9 Å². The summed E-state index contributed by atoms with van der Waals surface area (Å²) in [4.78, 5) is 15.0. The molecule has 0 spiro atoms. The van der Waals surface area contributed by atoms with E-state index in [0.29, 0.717) is 25.4 Å². The van der Waals surface area contributed by atoms with Crippen molar-refractivity contribution >= 4 is 11.7 Å². The van der Waals surface area contributed by atoms with E-state index in [4.69, 9.17) is 9.84 Å². The van der Waals surface area contributed by atoms with Crippen molar-refractivity contribution in [2.24, 2.45) is 0 Å². The minimum absolute atomic E-state index is 0.173. The van der Waals surface area contributed by atoms with Gasteiger partial charge in [0.25, 0.3) is 0 Å². The van der Waals surface area contributed by atoms with Crippen molar-refractivity contribution in [2.75, 3.05) is 25.1 Å². The van der Waals surface area contributed by atoms with E-state index in [0.717, 1.165) is 12.1 Å². The van der Waals surface area contributed by atoms with E-state index in [1.807, 2.05) is 6.92 Å². The smallest absolute Gasteiger partial charge is 0.339 e. The fraction of sp³-hybridized carbons (Fsp3) is 0.385. The second-order valence-corrected chi connectivity index (χ2v) is 3.79. The number of aromatic nitrogens is 1. The zero-order chi connectivity index (χ0) is 13.4. The van der Waals surface area contributed by atoms with Crippen molar-refractivity contribution in [1.82, 2.24) is 4.98 Å². The maximum Gasteiger partial charge on any atom is 0.339 e. The summed E-state index contributed by atoms with van der Waals surface area (Å²) in [5.74, 6) is -0.988. The Balaban J connectivity index is 2.47. The summed E-state index contributed by atoms with van der Waals surface area (Å²) in [6, 6.07) is 1.72. The molecule has 1 aromatic heterocycles. The Kier molecular flexibility index (Phi) is 5.87. The highest BCUT2D eigenvalue weighted by Crippen LogP contribution is 2.15. The number of carbonyl (C=O) groups is 1. The molecule has 5 heteroatoms. The topological polar surface area (TPSA) is 71.5 Å². The fourth-order valence-corrected chi connectivity index (χ4v) is 1.40. The first-order valence-corrected chi connectivity index (χ1v) is 5.77. The highest BCUT2D eigenvalue weighted by molar-refractivity contribution is 5.93. The number of nitrogens with one attached hydrogen (secondary N) is 1. The van der Waals surface area contributed by atoms with Gasteiger partial charge in [-0.15, -0.1) is 6.58 Å². The molecule has 5 nitrogen and oxygen atoms in total. The molecule has 1 aromatic rings. The molecule has 1 rings (SSSR count). The number of aryl methyl sites for hydroxylation is 1. The van der Waals surface area contributed by atoms with Crippen LogP contribution in [0.2, 0.25) is 0 Å². The molecule has 2 N–H and O–H groups in total. The monoisotopic (exact) mass is 250 g/mol. The van der Waals surface area contributed by atoms with E-state index < -0.39 is 5.97 Å². The molecule has 0 radical (unpaired) electrons. The minimum Gasteiger partial charge on any atom is -0.478 e. The van der Waals surface area contributed by atoms with Gasteiger partial charge >= 0.3 is 5.97 Å². The predicted molar refractivity (Wildman–Crippen MR) is 70.1 cm³/mol. The Morgan fingerprint density at radius 3 is 3.06 bits per heavy atom. The van der Waals surface area contributed by atoms with Crippen LogP contribution in [0.25, 0.3) is 0 Å². The lowest BCUT2D eigenvalue weighted by Gasteiger charge is -2.10. The number of hydrogen-bond donors (Lipinski definition) is 2. The Labute approximate surface area is 107 Å². The van der Waals surface area contributed by atoms with Crippen molar-refractivity contribution in [3.8, 4) is 0 Å². The maximum absolute atomic E-state index is 11.0. The molecule has 0 unspecified atom stereocenters. The van der Waals surface area contributed by atoms with Crippen LogP contribution in [0.1, 0.15) is 22.5 Å². The Bertz CT molecular complexity index is 419. The van der Waals surface area contributed by atoms with Crippen molar-refractivity contribution in [1.29, 1.82) is 0 Å². The molecule has 0 aliphatic carbocycles. The molecule has 0 aliphatic rings. The average molecular weight is 250 g/mol. The summed E-state index contributed by atoms with van der Waals surface area (Å²) in [7, 11) is 0. The van der Waals surface area contributed by atoms with Crippen LogP contribution in [-0.2, 0) is 4.74 Å². The molecule has 0 amide bonds. The van der Waals surface area contributed by atoms with Crippen LogP contribution in [-0.4, -0.2) is 35.8 Å². The molecule has 1 heterocycles. The van der Waals surface area contributed by atoms with Crippen molar-refractivity contribution in [3.63, 3.8) is 0 Å². The third-order valence-corrected chi connectivity index (χ3v) is 2.30. The van der Waals surface area contributed by atoms with Crippen LogP contribution in [0.4, 0.5) is 5.69 Å². The van der Waals surface area contributed by atoms with Crippen LogP contribution < -0.4 is 5.32 Å². The van der Waals surface area contributed by atoms with Gasteiger partial charge in [0.2, 0.25) is 0 Å². The minimum atomic E-state index is -0.988. The Hall–Kier alpha value is -1.88. The summed E-state index contributed by atoms with van der Waals surface area (Å²) in [5.41, 5.74) is 1.52. The summed E-state index contributed by atoms with van der Waals surface area (Å²) in [6.07, 6.45) is 3.97. The van der Waals surface area contributed by atoms with Gasteiger partial charge in [-0.25, -0.2) is 4.79 Å². The van der Waals surface area contributed by atoms with Gasteiger partial charge in [0.15, 0.2) is 0 Å². The summed E-state index contributed by atoms with van der Waals surface area (Å²) in [6.45, 7) is 7.13. The van der Waals surface area contributed by atoms with E-state index in [1.165, 1.54) is 6.20 Å². The lowest BCUT2D eigenvalue weighted by molar-refractivity contribution is 0.0697. The zero-order valence-electron chi connectivity index (χ0n) is 10.5. The lowest BCUT2D eigenvalue weighted by atomic mass is 10.2. The first-order valence-electron chi connectivity index (χ1n) is 5.77. The summed E-state index contributed by atoms with van der Waals surface area (Å²) >= 11 is 0. The van der Waals surface area contributed by atoms with Crippen molar-refractivity contribution in [2.45, 2.75) is 13.3 Å². The molecule has 0 saturated heterocycles. The highest BCUT2D eigenvalue weighted by Gasteiger charge is 2.10. The van der Waals surface area contributed by atoms with Gasteiger partial charge in [0.1, 0.15) is 5.56 Å². The fourth-order valence-electron chi connectivity index (χ4n) is 1.40. The molecule has 0 aliphatic heterocycles. The van der Waals surface area contributed by atoms with E-state index in [1.54, 1.807) is 12.1 Å². The molecule has 98 valence electrons. The number of ether oxygens (including phenoxy) is 1. The number of carboxylic acid groups (broad SMARTS) is 1. The normalized spacial score (nSPS) is 10.1. The Morgan fingerprint density at radius 2 is 2.39 bits per heavy atom. The van der Waals surface area contributed by atoms with Crippen molar-refractivity contribution in [3.05, 3.63) is 36.2 Å². The van der Waals surface area contributed by atoms with Gasteiger partial charge in [0, 0.05) is 18.4 Å². The van der Waals surface area contributed by atoms with Gasteiger partial charge in [-0.05, 0) is 19.4 Å². The molecule has 0 saturated carbocycles. The van der Waals surface area contributed by atoms with E-state index in [9.17, 15) is 4.79 Å². The largest absolute Gasteiger partial charge is 0.478 e.